The standard InChI is InChI=1S/C14H16BrINO6/c1-4-22-12(18)14(3,13(19)23-5-2)10-7-6-9(8-11(10)15)16-17(20)21/h6-8H,4-5H2,1-3H3/q-1. The molecule has 0 aliphatic carbocycles. The van der Waals surface area contributed by atoms with Crippen LogP contribution in [-0.2, 0) is 24.5 Å². The second-order valence-electron chi connectivity index (χ2n) is 4.49. The van der Waals surface area contributed by atoms with E-state index in [1.54, 1.807) is 26.0 Å². The van der Waals surface area contributed by atoms with E-state index in [1.165, 1.54) is 13.0 Å². The first-order chi connectivity index (χ1) is 10.8. The van der Waals surface area contributed by atoms with Crippen molar-refractivity contribution in [3.8, 4) is 0 Å². The molecule has 1 aromatic carbocycles. The third-order valence-electron chi connectivity index (χ3n) is 3.00. The average molecular weight is 501 g/mol. The number of hydrogen-bond donors (Lipinski definition) is 0. The van der Waals surface area contributed by atoms with Gasteiger partial charge in [0.2, 0.25) is 0 Å². The molecule has 0 aliphatic rings. The van der Waals surface area contributed by atoms with E-state index in [9.17, 15) is 19.7 Å². The number of halogens is 2. The van der Waals surface area contributed by atoms with Crippen LogP contribution in [-0.4, -0.2) is 28.3 Å². The van der Waals surface area contributed by atoms with E-state index in [0.29, 0.717) is 13.6 Å². The first-order valence-corrected chi connectivity index (χ1v) is 9.54. The summed E-state index contributed by atoms with van der Waals surface area (Å²) in [6, 6.07) is 4.63. The van der Waals surface area contributed by atoms with Crippen LogP contribution < -0.4 is 21.5 Å². The fourth-order valence-corrected chi connectivity index (χ4v) is 4.33. The molecule has 0 atom stereocenters. The van der Waals surface area contributed by atoms with Crippen LogP contribution in [0.5, 0.6) is 0 Å². The van der Waals surface area contributed by atoms with Crippen LogP contribution in [0.2, 0.25) is 0 Å². The Bertz CT molecular complexity index is 603. The monoisotopic (exact) mass is 500 g/mol. The minimum absolute atomic E-state index is 0.121. The quantitative estimate of drug-likeness (QED) is 0.122. The first-order valence-electron chi connectivity index (χ1n) is 6.71. The Morgan fingerprint density at radius 2 is 1.78 bits per heavy atom. The van der Waals surface area contributed by atoms with Gasteiger partial charge in [-0.25, -0.2) is 0 Å². The molecule has 0 unspecified atom stereocenters. The molecule has 0 heterocycles. The maximum atomic E-state index is 12.4. The Morgan fingerprint density at radius 3 is 2.17 bits per heavy atom. The van der Waals surface area contributed by atoms with Crippen LogP contribution in [0.4, 0.5) is 0 Å². The molecule has 0 saturated carbocycles. The van der Waals surface area contributed by atoms with Crippen molar-refractivity contribution in [2.75, 3.05) is 13.2 Å². The van der Waals surface area contributed by atoms with E-state index in [2.05, 4.69) is 15.9 Å². The average Bonchev–Trinajstić information content (AvgIpc) is 2.46. The minimum atomic E-state index is -1.64. The third-order valence-corrected chi connectivity index (χ3v) is 5.28. The normalized spacial score (nSPS) is 11.1. The van der Waals surface area contributed by atoms with Crippen LogP contribution >= 0.6 is 15.9 Å². The zero-order valence-corrected chi connectivity index (χ0v) is 16.5. The van der Waals surface area contributed by atoms with Gasteiger partial charge in [0.05, 0.1) is 0 Å². The van der Waals surface area contributed by atoms with Gasteiger partial charge in [-0.1, -0.05) is 0 Å². The summed E-state index contributed by atoms with van der Waals surface area (Å²) in [6.07, 6.45) is 0. The van der Waals surface area contributed by atoms with Gasteiger partial charge in [-0.05, 0) is 0 Å². The summed E-state index contributed by atoms with van der Waals surface area (Å²) in [5.41, 5.74) is -1.29. The van der Waals surface area contributed by atoms with Gasteiger partial charge < -0.3 is 0 Å². The summed E-state index contributed by atoms with van der Waals surface area (Å²) >= 11 is 1.91. The van der Waals surface area contributed by atoms with Crippen molar-refractivity contribution in [1.29, 1.82) is 0 Å². The van der Waals surface area contributed by atoms with Gasteiger partial charge in [0.15, 0.2) is 0 Å². The van der Waals surface area contributed by atoms with Gasteiger partial charge in [-0.15, -0.1) is 0 Å². The molecule has 9 heteroatoms. The Kier molecular flexibility index (Phi) is 7.39. The number of carbonyl (C=O) groups is 2. The molecular formula is C14H16BrINO6-. The topological polar surface area (TPSA) is 95.7 Å². The molecule has 23 heavy (non-hydrogen) atoms. The van der Waals surface area contributed by atoms with Gasteiger partial charge in [0.25, 0.3) is 0 Å². The molecule has 0 N–H and O–H groups in total. The predicted molar refractivity (Wildman–Crippen MR) is 80.5 cm³/mol. The second-order valence-corrected chi connectivity index (χ2v) is 7.86. The SMILES string of the molecule is CCOC(=O)C(C)(C(=O)OCC)c1ccc([I-][N+](=O)[O-])cc1Br. The summed E-state index contributed by atoms with van der Waals surface area (Å²) in [4.78, 5) is 35.3. The molecular weight excluding hydrogens is 485 g/mol. The number of nitro groups is 1. The zero-order valence-electron chi connectivity index (χ0n) is 12.8. The van der Waals surface area contributed by atoms with Gasteiger partial charge in [0, 0.05) is 0 Å². The zero-order chi connectivity index (χ0) is 17.6. The molecule has 7 nitrogen and oxygen atoms in total. The third kappa shape index (κ3) is 4.63. The van der Waals surface area contributed by atoms with Crippen molar-refractivity contribution in [3.05, 3.63) is 41.9 Å². The maximum absolute atomic E-state index is 12.4. The van der Waals surface area contributed by atoms with Crippen LogP contribution in [0.15, 0.2) is 22.7 Å². The summed E-state index contributed by atoms with van der Waals surface area (Å²) < 4.78 is 10.7. The Labute approximate surface area is 152 Å². The second kappa shape index (κ2) is 8.57. The van der Waals surface area contributed by atoms with E-state index >= 15 is 0 Å². The Hall–Kier alpha value is -1.23. The van der Waals surface area contributed by atoms with Gasteiger partial charge >= 0.3 is 153 Å². The van der Waals surface area contributed by atoms with Gasteiger partial charge in [0.1, 0.15) is 0 Å². The van der Waals surface area contributed by atoms with Crippen molar-refractivity contribution in [3.63, 3.8) is 0 Å². The van der Waals surface area contributed by atoms with Gasteiger partial charge in [-0.2, -0.15) is 0 Å². The number of benzene rings is 1. The van der Waals surface area contributed by atoms with E-state index in [-0.39, 0.29) is 16.4 Å². The van der Waals surface area contributed by atoms with Gasteiger partial charge in [-0.3, -0.25) is 0 Å². The van der Waals surface area contributed by atoms with E-state index in [4.69, 9.17) is 9.47 Å². The van der Waals surface area contributed by atoms with Crippen LogP contribution in [0, 0.1) is 13.7 Å². The number of rotatable bonds is 7. The first kappa shape index (κ1) is 19.8. The van der Waals surface area contributed by atoms with Crippen molar-refractivity contribution in [2.45, 2.75) is 26.2 Å². The van der Waals surface area contributed by atoms with Crippen LogP contribution in [0.1, 0.15) is 26.3 Å². The van der Waals surface area contributed by atoms with Crippen LogP contribution in [0.25, 0.3) is 0 Å². The number of nitrogens with zero attached hydrogens (tertiary/aromatic N) is 1. The molecule has 1 aromatic rings. The molecule has 128 valence electrons. The summed E-state index contributed by atoms with van der Waals surface area (Å²) in [6.45, 7) is 4.95. The molecule has 0 aliphatic heterocycles. The fourth-order valence-electron chi connectivity index (χ4n) is 1.88. The van der Waals surface area contributed by atoms with Crippen molar-refractivity contribution >= 4 is 27.9 Å². The van der Waals surface area contributed by atoms with E-state index < -0.39 is 38.8 Å². The molecule has 0 bridgehead atoms. The molecule has 0 fully saturated rings. The van der Waals surface area contributed by atoms with E-state index in [0.717, 1.165) is 0 Å². The number of hydrogen-bond acceptors (Lipinski definition) is 6. The summed E-state index contributed by atoms with van der Waals surface area (Å²) in [5.74, 6) is -1.45. The summed E-state index contributed by atoms with van der Waals surface area (Å²) in [5, 5.41) is 10.6. The molecule has 0 aromatic heterocycles. The van der Waals surface area contributed by atoms with E-state index in [1.807, 2.05) is 0 Å². The molecule has 0 amide bonds. The fraction of sp³-hybridized carbons (Fsp3) is 0.429. The predicted octanol–water partition coefficient (Wildman–Crippen LogP) is -0.717. The molecule has 0 spiro atoms. The molecule has 0 radical (unpaired) electrons. The molecule has 0 saturated heterocycles. The Morgan fingerprint density at radius 1 is 1.26 bits per heavy atom. The Balaban J connectivity index is 3.34. The van der Waals surface area contributed by atoms with Crippen LogP contribution in [0.3, 0.4) is 0 Å². The number of carbonyl (C=O) groups excluding carboxylic acids is 2. The van der Waals surface area contributed by atoms with Crippen molar-refractivity contribution in [2.24, 2.45) is 0 Å². The number of esters is 2. The summed E-state index contributed by atoms with van der Waals surface area (Å²) in [7, 11) is 0. The van der Waals surface area contributed by atoms with Crippen molar-refractivity contribution in [1.82, 2.24) is 0 Å². The number of ether oxygens (including phenoxy) is 2. The molecule has 1 rings (SSSR count). The van der Waals surface area contributed by atoms with Crippen molar-refractivity contribution < 1.29 is 43.7 Å².